The van der Waals surface area contributed by atoms with Crippen LogP contribution in [0.5, 0.6) is 0 Å². The van der Waals surface area contributed by atoms with Crippen molar-refractivity contribution in [1.29, 1.82) is 0 Å². The molecule has 1 saturated heterocycles. The number of non-ortho nitro benzene ring substituents is 1. The van der Waals surface area contributed by atoms with Gasteiger partial charge in [-0.3, -0.25) is 10.1 Å². The maximum Gasteiger partial charge on any atom is 0.319 e. The van der Waals surface area contributed by atoms with Crippen LogP contribution in [0.2, 0.25) is 5.02 Å². The van der Waals surface area contributed by atoms with E-state index in [0.29, 0.717) is 18.1 Å². The van der Waals surface area contributed by atoms with Gasteiger partial charge in [-0.25, -0.2) is 4.79 Å². The Balaban J connectivity index is 1.53. The molecule has 1 fully saturated rings. The maximum atomic E-state index is 12.1. The largest absolute Gasteiger partial charge is 0.370 e. The molecule has 2 aromatic carbocycles. The molecule has 8 heteroatoms. The van der Waals surface area contributed by atoms with E-state index in [4.69, 9.17) is 11.6 Å². The van der Waals surface area contributed by atoms with Crippen molar-refractivity contribution in [3.05, 3.63) is 63.7 Å². The number of nitro benzene ring substituents is 1. The smallest absolute Gasteiger partial charge is 0.319 e. The van der Waals surface area contributed by atoms with Crippen molar-refractivity contribution in [2.75, 3.05) is 23.3 Å². The first-order valence-electron chi connectivity index (χ1n) is 8.34. The van der Waals surface area contributed by atoms with Gasteiger partial charge in [-0.2, -0.15) is 0 Å². The quantitative estimate of drug-likeness (QED) is 0.624. The van der Waals surface area contributed by atoms with Crippen LogP contribution in [0.1, 0.15) is 12.8 Å². The fraction of sp³-hybridized carbons (Fsp3) is 0.278. The van der Waals surface area contributed by atoms with Crippen LogP contribution in [0.15, 0.2) is 48.5 Å². The van der Waals surface area contributed by atoms with Gasteiger partial charge in [-0.1, -0.05) is 29.8 Å². The Labute approximate surface area is 156 Å². The zero-order chi connectivity index (χ0) is 18.5. The summed E-state index contributed by atoms with van der Waals surface area (Å²) in [6.07, 6.45) is 1.55. The van der Waals surface area contributed by atoms with Crippen LogP contribution >= 0.6 is 11.6 Å². The van der Waals surface area contributed by atoms with Crippen LogP contribution in [0.25, 0.3) is 0 Å². The van der Waals surface area contributed by atoms with Crippen LogP contribution in [0.3, 0.4) is 0 Å². The van der Waals surface area contributed by atoms with Crippen LogP contribution in [0, 0.1) is 10.1 Å². The second kappa shape index (κ2) is 8.05. The molecule has 2 N–H and O–H groups in total. The van der Waals surface area contributed by atoms with Gasteiger partial charge in [0.25, 0.3) is 5.69 Å². The molecule has 136 valence electrons. The first-order chi connectivity index (χ1) is 12.5. The molecule has 26 heavy (non-hydrogen) atoms. The number of rotatable bonds is 4. The zero-order valence-electron chi connectivity index (χ0n) is 14.0. The number of para-hydroxylation sites is 1. The predicted octanol–water partition coefficient (Wildman–Crippen LogP) is 4.04. The molecule has 7 nitrogen and oxygen atoms in total. The number of carbonyl (C=O) groups is 1. The molecule has 0 unspecified atom stereocenters. The highest BCUT2D eigenvalue weighted by molar-refractivity contribution is 6.33. The summed E-state index contributed by atoms with van der Waals surface area (Å²) >= 11 is 6.19. The van der Waals surface area contributed by atoms with Crippen LogP contribution in [-0.4, -0.2) is 30.1 Å². The Bertz CT molecular complexity index is 792. The third-order valence-electron chi connectivity index (χ3n) is 4.34. The second-order valence-electron chi connectivity index (χ2n) is 6.12. The van der Waals surface area contributed by atoms with Crippen LogP contribution in [0.4, 0.5) is 21.9 Å². The Hall–Kier alpha value is -2.80. The number of piperidine rings is 1. The van der Waals surface area contributed by atoms with E-state index in [0.717, 1.165) is 24.2 Å². The van der Waals surface area contributed by atoms with E-state index in [-0.39, 0.29) is 17.8 Å². The van der Waals surface area contributed by atoms with Crippen molar-refractivity contribution in [2.45, 2.75) is 18.9 Å². The molecular formula is C18H19ClN4O3. The minimum atomic E-state index is -0.461. The number of amides is 2. The number of hydrogen-bond donors (Lipinski definition) is 2. The number of hydrogen-bond acceptors (Lipinski definition) is 4. The SMILES string of the molecule is O=C(Nc1ccccc1)NC1CCN(c2ccc([N+](=O)[O-])cc2Cl)CC1. The van der Waals surface area contributed by atoms with E-state index in [1.54, 1.807) is 6.07 Å². The van der Waals surface area contributed by atoms with E-state index in [1.807, 2.05) is 30.3 Å². The zero-order valence-corrected chi connectivity index (χ0v) is 14.8. The molecular weight excluding hydrogens is 356 g/mol. The number of nitrogens with one attached hydrogen (secondary N) is 2. The summed E-state index contributed by atoms with van der Waals surface area (Å²) < 4.78 is 0. The molecule has 0 spiro atoms. The Morgan fingerprint density at radius 2 is 1.85 bits per heavy atom. The minimum Gasteiger partial charge on any atom is -0.370 e. The third-order valence-corrected chi connectivity index (χ3v) is 4.65. The van der Waals surface area contributed by atoms with Crippen molar-refractivity contribution >= 4 is 34.7 Å². The molecule has 0 saturated carbocycles. The number of carbonyl (C=O) groups excluding carboxylic acids is 1. The first kappa shape index (κ1) is 18.0. The summed E-state index contributed by atoms with van der Waals surface area (Å²) in [5.41, 5.74) is 1.51. The van der Waals surface area contributed by atoms with Gasteiger partial charge in [-0.15, -0.1) is 0 Å². The lowest BCUT2D eigenvalue weighted by Gasteiger charge is -2.34. The van der Waals surface area contributed by atoms with Crippen LogP contribution < -0.4 is 15.5 Å². The van der Waals surface area contributed by atoms with E-state index >= 15 is 0 Å². The second-order valence-corrected chi connectivity index (χ2v) is 6.53. The molecule has 0 radical (unpaired) electrons. The summed E-state index contributed by atoms with van der Waals surface area (Å²) in [6.45, 7) is 1.43. The highest BCUT2D eigenvalue weighted by Crippen LogP contribution is 2.31. The number of nitro groups is 1. The number of benzene rings is 2. The summed E-state index contributed by atoms with van der Waals surface area (Å²) in [7, 11) is 0. The van der Waals surface area contributed by atoms with Crippen LogP contribution in [-0.2, 0) is 0 Å². The number of halogens is 1. The monoisotopic (exact) mass is 374 g/mol. The van der Waals surface area contributed by atoms with Gasteiger partial charge < -0.3 is 15.5 Å². The molecule has 0 aromatic heterocycles. The lowest BCUT2D eigenvalue weighted by molar-refractivity contribution is -0.384. The van der Waals surface area contributed by atoms with Crippen molar-refractivity contribution < 1.29 is 9.72 Å². The summed E-state index contributed by atoms with van der Waals surface area (Å²) in [6, 6.07) is 13.6. The van der Waals surface area contributed by atoms with Gasteiger partial charge in [0.05, 0.1) is 15.6 Å². The van der Waals surface area contributed by atoms with Crippen molar-refractivity contribution in [2.24, 2.45) is 0 Å². The van der Waals surface area contributed by atoms with E-state index in [2.05, 4.69) is 15.5 Å². The number of urea groups is 1. The lowest BCUT2D eigenvalue weighted by atomic mass is 10.0. The molecule has 2 aromatic rings. The molecule has 0 atom stereocenters. The molecule has 1 aliphatic heterocycles. The molecule has 2 amide bonds. The Morgan fingerprint density at radius 3 is 2.46 bits per heavy atom. The Morgan fingerprint density at radius 1 is 1.15 bits per heavy atom. The van der Waals surface area contributed by atoms with Gasteiger partial charge in [0.1, 0.15) is 0 Å². The standard InChI is InChI=1S/C18H19ClN4O3/c19-16-12-15(23(25)26)6-7-17(16)22-10-8-14(9-11-22)21-18(24)20-13-4-2-1-3-5-13/h1-7,12,14H,8-11H2,(H2,20,21,24). The maximum absolute atomic E-state index is 12.1. The van der Waals surface area contributed by atoms with Crippen molar-refractivity contribution in [1.82, 2.24) is 5.32 Å². The minimum absolute atomic E-state index is 0.0205. The van der Waals surface area contributed by atoms with Crippen molar-refractivity contribution in [3.63, 3.8) is 0 Å². The normalized spacial score (nSPS) is 14.7. The molecule has 1 heterocycles. The number of anilines is 2. The van der Waals surface area contributed by atoms with E-state index in [9.17, 15) is 14.9 Å². The number of nitrogens with zero attached hydrogens (tertiary/aromatic N) is 2. The van der Waals surface area contributed by atoms with E-state index in [1.165, 1.54) is 12.1 Å². The molecule has 0 aliphatic carbocycles. The summed E-state index contributed by atoms with van der Waals surface area (Å²) in [4.78, 5) is 24.5. The summed E-state index contributed by atoms with van der Waals surface area (Å²) in [5.74, 6) is 0. The average Bonchev–Trinajstić information content (AvgIpc) is 2.63. The predicted molar refractivity (Wildman–Crippen MR) is 102 cm³/mol. The van der Waals surface area contributed by atoms with Gasteiger partial charge >= 0.3 is 6.03 Å². The molecule has 3 rings (SSSR count). The van der Waals surface area contributed by atoms with E-state index < -0.39 is 4.92 Å². The fourth-order valence-electron chi connectivity index (χ4n) is 3.00. The summed E-state index contributed by atoms with van der Waals surface area (Å²) in [5, 5.41) is 17.0. The topological polar surface area (TPSA) is 87.5 Å². The van der Waals surface area contributed by atoms with Gasteiger partial charge in [0, 0.05) is 37.0 Å². The van der Waals surface area contributed by atoms with Gasteiger partial charge in [0.2, 0.25) is 0 Å². The highest BCUT2D eigenvalue weighted by Gasteiger charge is 2.23. The third kappa shape index (κ3) is 4.43. The Kier molecular flexibility index (Phi) is 5.58. The molecule has 0 bridgehead atoms. The van der Waals surface area contributed by atoms with Crippen molar-refractivity contribution in [3.8, 4) is 0 Å². The lowest BCUT2D eigenvalue weighted by Crippen LogP contribution is -2.46. The highest BCUT2D eigenvalue weighted by atomic mass is 35.5. The van der Waals surface area contributed by atoms with Gasteiger partial charge in [-0.05, 0) is 31.0 Å². The molecule has 1 aliphatic rings. The van der Waals surface area contributed by atoms with Gasteiger partial charge in [0.15, 0.2) is 0 Å². The fourth-order valence-corrected chi connectivity index (χ4v) is 3.30. The first-order valence-corrected chi connectivity index (χ1v) is 8.72. The average molecular weight is 375 g/mol.